The fourth-order valence-electron chi connectivity index (χ4n) is 2.58. The van der Waals surface area contributed by atoms with Gasteiger partial charge >= 0.3 is 5.97 Å². The molecule has 1 amide bonds. The van der Waals surface area contributed by atoms with Crippen molar-refractivity contribution in [2.45, 2.75) is 77.2 Å². The summed E-state index contributed by atoms with van der Waals surface area (Å²) >= 11 is 0. The first-order valence-electron chi connectivity index (χ1n) is 10.6. The number of guanidine groups is 1. The lowest BCUT2D eigenvalue weighted by Crippen LogP contribution is -2.44. The minimum atomic E-state index is -2.71. The minimum Gasteiger partial charge on any atom is -0.483 e. The average Bonchev–Trinajstić information content (AvgIpc) is 2.62. The molecule has 1 heterocycles. The van der Waals surface area contributed by atoms with Gasteiger partial charge in [-0.2, -0.15) is 0 Å². The highest BCUT2D eigenvalue weighted by Gasteiger charge is 2.17. The molecule has 8 nitrogen and oxygen atoms in total. The van der Waals surface area contributed by atoms with Crippen molar-refractivity contribution in [1.29, 1.82) is 5.41 Å². The zero-order chi connectivity index (χ0) is 22.3. The number of hydrogen-bond donors (Lipinski definition) is 3. The van der Waals surface area contributed by atoms with Crippen molar-refractivity contribution in [2.24, 2.45) is 0 Å². The standard InChI is InChI=1S/C17H31N3O3.CH2O2/c1-3-14-11-9-7-5-4-6-8-10-12-15(21)19-17(18)20(2)13-16(22)23-14;2-1-3/h14H,3-13H2,1-2H3,(H2,18,19,21);1H,(H,2,3)/i2D3;. The third-order valence-electron chi connectivity index (χ3n) is 4.00. The molecule has 1 rings (SSSR count). The number of amides is 1. The number of likely N-dealkylation sites (N-methyl/N-ethyl adjacent to an activating group) is 1. The maximum atomic E-state index is 12.2. The van der Waals surface area contributed by atoms with E-state index in [9.17, 15) is 9.59 Å². The molecule has 3 N–H and O–H groups in total. The Balaban J connectivity index is 0.00000245. The SMILES string of the molecule is O=CO.[2H]C([2H])([2H])N1CC(=O)OC(CC)CCCCCCCCCC(=O)NC1=N. The number of nitrogens with one attached hydrogen (secondary N) is 2. The molecule has 1 unspecified atom stereocenters. The molecule has 0 aromatic carbocycles. The summed E-state index contributed by atoms with van der Waals surface area (Å²) in [5, 5.41) is 17.1. The second-order valence-corrected chi connectivity index (χ2v) is 6.12. The summed E-state index contributed by atoms with van der Waals surface area (Å²) < 4.78 is 28.0. The van der Waals surface area contributed by atoms with E-state index in [0.29, 0.717) is 17.7 Å². The van der Waals surface area contributed by atoms with Gasteiger partial charge in [0.1, 0.15) is 12.6 Å². The van der Waals surface area contributed by atoms with Gasteiger partial charge in [-0.3, -0.25) is 25.1 Å². The van der Waals surface area contributed by atoms with Crippen LogP contribution in [0.25, 0.3) is 0 Å². The van der Waals surface area contributed by atoms with Crippen LogP contribution in [0, 0.1) is 5.41 Å². The molecule has 0 aromatic heterocycles. The molecule has 0 spiro atoms. The second-order valence-electron chi connectivity index (χ2n) is 6.12. The molecule has 1 aliphatic heterocycles. The van der Waals surface area contributed by atoms with E-state index >= 15 is 0 Å². The van der Waals surface area contributed by atoms with Crippen LogP contribution >= 0.6 is 0 Å². The third kappa shape index (κ3) is 12.3. The number of carbonyl (C=O) groups is 3. The lowest BCUT2D eigenvalue weighted by molar-refractivity contribution is -0.149. The summed E-state index contributed by atoms with van der Waals surface area (Å²) in [5.41, 5.74) is 0. The Hall–Kier alpha value is -2.12. The number of hydrogen-bond acceptors (Lipinski definition) is 5. The van der Waals surface area contributed by atoms with Gasteiger partial charge in [-0.05, 0) is 25.7 Å². The van der Waals surface area contributed by atoms with Gasteiger partial charge in [-0.25, -0.2) is 0 Å². The number of carbonyl (C=O) groups excluding carboxylic acids is 2. The summed E-state index contributed by atoms with van der Waals surface area (Å²) in [6, 6.07) is 0. The number of esters is 1. The van der Waals surface area contributed by atoms with Crippen LogP contribution in [0.2, 0.25) is 0 Å². The number of nitrogens with zero attached hydrogens (tertiary/aromatic N) is 1. The molecular weight excluding hydrogens is 338 g/mol. The smallest absolute Gasteiger partial charge is 0.325 e. The van der Waals surface area contributed by atoms with Crippen LogP contribution in [0.15, 0.2) is 0 Å². The van der Waals surface area contributed by atoms with Crippen LogP contribution in [0.4, 0.5) is 0 Å². The number of carboxylic acid groups (broad SMARTS) is 1. The quantitative estimate of drug-likeness (QED) is 0.479. The van der Waals surface area contributed by atoms with Gasteiger partial charge in [0.25, 0.3) is 6.47 Å². The number of rotatable bonds is 1. The van der Waals surface area contributed by atoms with E-state index in [-0.39, 0.29) is 19.0 Å². The molecule has 0 radical (unpaired) electrons. The number of cyclic esters (lactones) is 1. The Morgan fingerprint density at radius 3 is 2.42 bits per heavy atom. The summed E-state index contributed by atoms with van der Waals surface area (Å²) in [5.74, 6) is -1.70. The van der Waals surface area contributed by atoms with E-state index in [2.05, 4.69) is 5.32 Å². The first-order valence-corrected chi connectivity index (χ1v) is 9.09. The maximum Gasteiger partial charge on any atom is 0.325 e. The highest BCUT2D eigenvalue weighted by molar-refractivity contribution is 5.96. The van der Waals surface area contributed by atoms with Gasteiger partial charge < -0.3 is 14.7 Å². The average molecular weight is 374 g/mol. The zero-order valence-corrected chi connectivity index (χ0v) is 15.5. The molecule has 8 heteroatoms. The van der Waals surface area contributed by atoms with Crippen molar-refractivity contribution in [3.8, 4) is 0 Å². The van der Waals surface area contributed by atoms with Crippen LogP contribution in [0.3, 0.4) is 0 Å². The van der Waals surface area contributed by atoms with Gasteiger partial charge in [-0.15, -0.1) is 0 Å². The van der Waals surface area contributed by atoms with Gasteiger partial charge in [-0.1, -0.05) is 39.0 Å². The molecule has 0 bridgehead atoms. The molecule has 1 aliphatic rings. The first-order chi connectivity index (χ1) is 13.6. The molecule has 1 atom stereocenters. The summed E-state index contributed by atoms with van der Waals surface area (Å²) in [6.45, 7) is -1.63. The molecule has 1 saturated heterocycles. The lowest BCUT2D eigenvalue weighted by Gasteiger charge is -2.21. The molecule has 26 heavy (non-hydrogen) atoms. The Labute approximate surface area is 160 Å². The van der Waals surface area contributed by atoms with E-state index < -0.39 is 31.4 Å². The zero-order valence-electron chi connectivity index (χ0n) is 18.5. The van der Waals surface area contributed by atoms with E-state index in [0.717, 1.165) is 44.9 Å². The van der Waals surface area contributed by atoms with E-state index in [1.165, 1.54) is 0 Å². The van der Waals surface area contributed by atoms with Gasteiger partial charge in [0, 0.05) is 17.5 Å². The molecule has 0 saturated carbocycles. The predicted molar refractivity (Wildman–Crippen MR) is 98.9 cm³/mol. The molecule has 150 valence electrons. The fraction of sp³-hybridized carbons (Fsp3) is 0.778. The van der Waals surface area contributed by atoms with E-state index in [1.54, 1.807) is 0 Å². The molecule has 0 aromatic rings. The first kappa shape index (κ1) is 18.7. The summed E-state index contributed by atoms with van der Waals surface area (Å²) in [6.07, 6.45) is 8.35. The fourth-order valence-corrected chi connectivity index (χ4v) is 2.58. The van der Waals surface area contributed by atoms with Crippen molar-refractivity contribution in [3.05, 3.63) is 0 Å². The molecular formula is C18H33N3O5. The monoisotopic (exact) mass is 374 g/mol. The Bertz CT molecular complexity index is 529. The Kier molecular flexibility index (Phi) is 10.9. The minimum absolute atomic E-state index is 0.236. The van der Waals surface area contributed by atoms with Crippen molar-refractivity contribution >= 4 is 24.3 Å². The van der Waals surface area contributed by atoms with Crippen LogP contribution < -0.4 is 5.32 Å². The predicted octanol–water partition coefficient (Wildman–Crippen LogP) is 2.52. The third-order valence-corrected chi connectivity index (χ3v) is 4.00. The van der Waals surface area contributed by atoms with Crippen LogP contribution in [-0.4, -0.2) is 53.9 Å². The Morgan fingerprint density at radius 1 is 1.27 bits per heavy atom. The van der Waals surface area contributed by atoms with Gasteiger partial charge in [0.2, 0.25) is 5.91 Å². The van der Waals surface area contributed by atoms with Gasteiger partial charge in [0.15, 0.2) is 5.96 Å². The highest BCUT2D eigenvalue weighted by atomic mass is 16.5. The van der Waals surface area contributed by atoms with E-state index in [4.69, 9.17) is 24.2 Å². The Morgan fingerprint density at radius 2 is 1.85 bits per heavy atom. The van der Waals surface area contributed by atoms with Crippen molar-refractivity contribution < 1.29 is 28.3 Å². The maximum absolute atomic E-state index is 12.2. The van der Waals surface area contributed by atoms with Crippen molar-refractivity contribution in [2.75, 3.05) is 13.5 Å². The van der Waals surface area contributed by atoms with Crippen LogP contribution in [0.1, 0.15) is 75.2 Å². The molecule has 1 fully saturated rings. The summed E-state index contributed by atoms with van der Waals surface area (Å²) in [4.78, 5) is 33.0. The van der Waals surface area contributed by atoms with Crippen molar-refractivity contribution in [3.63, 3.8) is 0 Å². The van der Waals surface area contributed by atoms with E-state index in [1.807, 2.05) is 6.92 Å². The second kappa shape index (κ2) is 15.2. The topological polar surface area (TPSA) is 120 Å². The van der Waals surface area contributed by atoms with Crippen molar-refractivity contribution in [1.82, 2.24) is 10.2 Å². The van der Waals surface area contributed by atoms with Crippen LogP contribution in [0.5, 0.6) is 0 Å². The largest absolute Gasteiger partial charge is 0.483 e. The van der Waals surface area contributed by atoms with Gasteiger partial charge in [0.05, 0.1) is 0 Å². The lowest BCUT2D eigenvalue weighted by atomic mass is 10.0. The van der Waals surface area contributed by atoms with Crippen LogP contribution in [-0.2, 0) is 19.1 Å². The number of ether oxygens (including phenoxy) is 1. The highest BCUT2D eigenvalue weighted by Crippen LogP contribution is 2.14. The molecule has 0 aliphatic carbocycles. The normalized spacial score (nSPS) is 23.7. The summed E-state index contributed by atoms with van der Waals surface area (Å²) in [7, 11) is 0.